The van der Waals surface area contributed by atoms with Crippen LogP contribution in [0.2, 0.25) is 0 Å². The first-order chi connectivity index (χ1) is 12.5. The van der Waals surface area contributed by atoms with Gasteiger partial charge in [0.05, 0.1) is 4.88 Å². The molecule has 6 nitrogen and oxygen atoms in total. The van der Waals surface area contributed by atoms with Gasteiger partial charge < -0.3 is 16.0 Å². The van der Waals surface area contributed by atoms with Crippen LogP contribution >= 0.6 is 11.3 Å². The van der Waals surface area contributed by atoms with Crippen LogP contribution in [0.3, 0.4) is 0 Å². The van der Waals surface area contributed by atoms with E-state index < -0.39 is 10.9 Å². The lowest BCUT2D eigenvalue weighted by molar-refractivity contribution is 0.0955. The second kappa shape index (κ2) is 6.42. The predicted octanol–water partition coefficient (Wildman–Crippen LogP) is 1.42. The summed E-state index contributed by atoms with van der Waals surface area (Å²) < 4.78 is 0. The zero-order valence-corrected chi connectivity index (χ0v) is 14.8. The number of fused-ring (bicyclic) bond motifs is 1. The molecule has 7 heteroatoms. The molecule has 1 aromatic heterocycles. The molecule has 1 aliphatic heterocycles. The SMILES string of the molecule is Nc1c(N2CCc3ccc(CNC(=O)c4cccs4)cc3C2)c(=O)c1=O. The molecule has 2 aromatic carbocycles. The second-order valence-electron chi connectivity index (χ2n) is 6.36. The fourth-order valence-corrected chi connectivity index (χ4v) is 3.94. The summed E-state index contributed by atoms with van der Waals surface area (Å²) in [5, 5.41) is 4.78. The summed E-state index contributed by atoms with van der Waals surface area (Å²) in [5.41, 5.74) is 8.31. The Bertz CT molecular complexity index is 1050. The summed E-state index contributed by atoms with van der Waals surface area (Å²) >= 11 is 1.41. The monoisotopic (exact) mass is 367 g/mol. The van der Waals surface area contributed by atoms with Crippen molar-refractivity contribution in [3.05, 3.63) is 77.7 Å². The Balaban J connectivity index is 1.48. The van der Waals surface area contributed by atoms with E-state index in [4.69, 9.17) is 5.73 Å². The average molecular weight is 367 g/mol. The number of hydrogen-bond acceptors (Lipinski definition) is 6. The first kappa shape index (κ1) is 16.5. The van der Waals surface area contributed by atoms with Gasteiger partial charge in [-0.25, -0.2) is 0 Å². The van der Waals surface area contributed by atoms with Crippen LogP contribution in [0.15, 0.2) is 45.3 Å². The van der Waals surface area contributed by atoms with Crippen molar-refractivity contribution in [1.82, 2.24) is 5.32 Å². The summed E-state index contributed by atoms with van der Waals surface area (Å²) in [6.07, 6.45) is 0.787. The number of benzene rings is 1. The highest BCUT2D eigenvalue weighted by Gasteiger charge is 2.26. The minimum atomic E-state index is -0.587. The van der Waals surface area contributed by atoms with Crippen molar-refractivity contribution in [2.24, 2.45) is 0 Å². The van der Waals surface area contributed by atoms with E-state index in [1.165, 1.54) is 16.9 Å². The maximum Gasteiger partial charge on any atom is 0.261 e. The van der Waals surface area contributed by atoms with Crippen LogP contribution in [0.5, 0.6) is 0 Å². The number of nitrogens with one attached hydrogen (secondary N) is 1. The van der Waals surface area contributed by atoms with E-state index in [1.807, 2.05) is 28.5 Å². The molecule has 4 rings (SSSR count). The van der Waals surface area contributed by atoms with Gasteiger partial charge in [0, 0.05) is 19.6 Å². The van der Waals surface area contributed by atoms with Crippen molar-refractivity contribution in [2.45, 2.75) is 19.5 Å². The van der Waals surface area contributed by atoms with Crippen LogP contribution in [-0.4, -0.2) is 12.5 Å². The molecule has 0 saturated carbocycles. The third-order valence-electron chi connectivity index (χ3n) is 4.72. The molecule has 0 fully saturated rings. The van der Waals surface area contributed by atoms with Gasteiger partial charge in [-0.05, 0) is 34.6 Å². The van der Waals surface area contributed by atoms with Crippen LogP contribution in [-0.2, 0) is 19.5 Å². The minimum Gasteiger partial charge on any atom is -0.394 e. The fraction of sp³-hybridized carbons (Fsp3) is 0.211. The van der Waals surface area contributed by atoms with Gasteiger partial charge in [0.25, 0.3) is 16.8 Å². The second-order valence-corrected chi connectivity index (χ2v) is 7.30. The first-order valence-electron chi connectivity index (χ1n) is 8.30. The summed E-state index contributed by atoms with van der Waals surface area (Å²) in [7, 11) is 0. The highest BCUT2D eigenvalue weighted by Crippen LogP contribution is 2.26. The largest absolute Gasteiger partial charge is 0.394 e. The molecular formula is C19H17N3O3S. The third kappa shape index (κ3) is 2.80. The molecule has 0 bridgehead atoms. The van der Waals surface area contributed by atoms with E-state index in [2.05, 4.69) is 11.4 Å². The smallest absolute Gasteiger partial charge is 0.261 e. The lowest BCUT2D eigenvalue weighted by Crippen LogP contribution is -2.44. The summed E-state index contributed by atoms with van der Waals surface area (Å²) in [6, 6.07) is 9.75. The van der Waals surface area contributed by atoms with E-state index in [1.54, 1.807) is 6.07 Å². The normalized spacial score (nSPS) is 13.6. The Kier molecular flexibility index (Phi) is 4.08. The van der Waals surface area contributed by atoms with Gasteiger partial charge in [0.1, 0.15) is 11.4 Å². The molecular weight excluding hydrogens is 350 g/mol. The molecule has 0 radical (unpaired) electrons. The highest BCUT2D eigenvalue weighted by atomic mass is 32.1. The summed E-state index contributed by atoms with van der Waals surface area (Å²) in [5.74, 6) is -0.0872. The van der Waals surface area contributed by atoms with Gasteiger partial charge >= 0.3 is 0 Å². The molecule has 132 valence electrons. The molecule has 1 amide bonds. The van der Waals surface area contributed by atoms with Crippen molar-refractivity contribution >= 4 is 28.6 Å². The van der Waals surface area contributed by atoms with Crippen molar-refractivity contribution in [3.8, 4) is 0 Å². The number of nitrogens with zero attached hydrogens (tertiary/aromatic N) is 1. The van der Waals surface area contributed by atoms with E-state index in [0.29, 0.717) is 30.2 Å². The van der Waals surface area contributed by atoms with E-state index in [9.17, 15) is 14.4 Å². The number of carbonyl (C=O) groups is 1. The number of anilines is 2. The van der Waals surface area contributed by atoms with E-state index in [-0.39, 0.29) is 11.6 Å². The number of amides is 1. The van der Waals surface area contributed by atoms with Gasteiger partial charge in [-0.15, -0.1) is 11.3 Å². The third-order valence-corrected chi connectivity index (χ3v) is 5.59. The quantitative estimate of drug-likeness (QED) is 0.681. The molecule has 2 heterocycles. The van der Waals surface area contributed by atoms with Crippen molar-refractivity contribution in [2.75, 3.05) is 17.2 Å². The molecule has 3 aromatic rings. The molecule has 1 aliphatic rings. The number of rotatable bonds is 4. The fourth-order valence-electron chi connectivity index (χ4n) is 3.30. The van der Waals surface area contributed by atoms with Gasteiger partial charge in [0.15, 0.2) is 0 Å². The zero-order chi connectivity index (χ0) is 18.3. The topological polar surface area (TPSA) is 92.5 Å². The standard InChI is InChI=1S/C19H17N3O3S/c20-15-16(18(24)17(15)23)22-6-5-12-4-3-11(8-13(12)10-22)9-21-19(25)14-2-1-7-26-14/h1-4,7-8H,5-6,9-10,20H2,(H,21,25). The Morgan fingerprint density at radius 3 is 2.77 bits per heavy atom. The van der Waals surface area contributed by atoms with Crippen LogP contribution in [0.25, 0.3) is 0 Å². The van der Waals surface area contributed by atoms with E-state index in [0.717, 1.165) is 17.5 Å². The van der Waals surface area contributed by atoms with Gasteiger partial charge in [-0.1, -0.05) is 24.3 Å². The number of carbonyl (C=O) groups excluding carboxylic acids is 1. The Morgan fingerprint density at radius 1 is 1.19 bits per heavy atom. The predicted molar refractivity (Wildman–Crippen MR) is 102 cm³/mol. The van der Waals surface area contributed by atoms with Crippen molar-refractivity contribution < 1.29 is 4.79 Å². The van der Waals surface area contributed by atoms with Crippen LogP contribution < -0.4 is 26.8 Å². The number of nitrogens with two attached hydrogens (primary N) is 1. The average Bonchev–Trinajstić information content (AvgIpc) is 3.20. The number of thiophene rings is 1. The number of nitrogen functional groups attached to an aromatic ring is 1. The van der Waals surface area contributed by atoms with Crippen molar-refractivity contribution in [3.63, 3.8) is 0 Å². The van der Waals surface area contributed by atoms with Crippen LogP contribution in [0, 0.1) is 0 Å². The zero-order valence-electron chi connectivity index (χ0n) is 14.0. The van der Waals surface area contributed by atoms with E-state index >= 15 is 0 Å². The molecule has 3 N–H and O–H groups in total. The highest BCUT2D eigenvalue weighted by molar-refractivity contribution is 7.12. The number of hydrogen-bond donors (Lipinski definition) is 2. The molecule has 0 saturated heterocycles. The maximum absolute atomic E-state index is 12.1. The van der Waals surface area contributed by atoms with Crippen molar-refractivity contribution in [1.29, 1.82) is 0 Å². The van der Waals surface area contributed by atoms with Gasteiger partial charge in [0.2, 0.25) is 0 Å². The molecule has 0 atom stereocenters. The molecule has 0 aliphatic carbocycles. The Labute approximate surface area is 153 Å². The van der Waals surface area contributed by atoms with Crippen LogP contribution in [0.4, 0.5) is 11.4 Å². The molecule has 26 heavy (non-hydrogen) atoms. The van der Waals surface area contributed by atoms with Crippen LogP contribution in [0.1, 0.15) is 26.4 Å². The summed E-state index contributed by atoms with van der Waals surface area (Å²) in [6.45, 7) is 1.64. The molecule has 0 spiro atoms. The van der Waals surface area contributed by atoms with Gasteiger partial charge in [-0.2, -0.15) is 0 Å². The summed E-state index contributed by atoms with van der Waals surface area (Å²) in [4.78, 5) is 37.7. The Morgan fingerprint density at radius 2 is 2.04 bits per heavy atom. The Hall–Kier alpha value is -2.93. The maximum atomic E-state index is 12.1. The van der Waals surface area contributed by atoms with Gasteiger partial charge in [-0.3, -0.25) is 14.4 Å². The lowest BCUT2D eigenvalue weighted by Gasteiger charge is -2.32. The first-order valence-corrected chi connectivity index (χ1v) is 9.18. The molecule has 0 unspecified atom stereocenters. The lowest BCUT2D eigenvalue weighted by atomic mass is 9.96. The minimum absolute atomic E-state index is 0.0674.